The molecule has 48 heavy (non-hydrogen) atoms. The molecule has 2 heterocycles. The van der Waals surface area contributed by atoms with Gasteiger partial charge in [-0.1, -0.05) is 117 Å². The smallest absolute Gasteiger partial charge is 0.403 e. The number of ether oxygens (including phenoxy) is 4. The molecule has 0 aliphatic carbocycles. The van der Waals surface area contributed by atoms with E-state index in [-0.39, 0.29) is 24.1 Å². The van der Waals surface area contributed by atoms with Crippen LogP contribution in [0.3, 0.4) is 0 Å². The molecule has 0 N–H and O–H groups in total. The molecule has 2 aliphatic rings. The highest BCUT2D eigenvalue weighted by Crippen LogP contribution is 2.47. The minimum atomic E-state index is -0.522. The molecular weight excluding hydrogens is 623 g/mol. The van der Waals surface area contributed by atoms with E-state index in [0.717, 1.165) is 55.2 Å². The van der Waals surface area contributed by atoms with Crippen molar-refractivity contribution in [2.45, 2.75) is 127 Å². The van der Waals surface area contributed by atoms with Gasteiger partial charge in [0.15, 0.2) is 0 Å². The summed E-state index contributed by atoms with van der Waals surface area (Å²) in [5.41, 5.74) is 2.32. The molecule has 6 nitrogen and oxygen atoms in total. The summed E-state index contributed by atoms with van der Waals surface area (Å²) in [5.74, 6) is 0.495. The first kappa shape index (κ1) is 37.0. The fourth-order valence-corrected chi connectivity index (χ4v) is 6.77. The summed E-state index contributed by atoms with van der Waals surface area (Å²) in [6.45, 7) is 10.2. The second kappa shape index (κ2) is 18.1. The summed E-state index contributed by atoms with van der Waals surface area (Å²) >= 11 is 5.95. The Morgan fingerprint density at radius 3 is 1.62 bits per heavy atom. The SMILES string of the molecule is CC1(C)OB([C@@H]2[C@@H](OCc3ccccc3)[C@H](OCc3ccccc3)[C@@H](COCc3ccccc3)O[C@@H]2CCCCCCCCl)OC1(C)C. The van der Waals surface area contributed by atoms with Crippen LogP contribution in [0.4, 0.5) is 0 Å². The normalized spacial score (nSPS) is 24.9. The first-order chi connectivity index (χ1) is 23.3. The molecule has 5 atom stereocenters. The zero-order valence-corrected chi connectivity index (χ0v) is 30.0. The third-order valence-electron chi connectivity index (χ3n) is 10.0. The molecule has 2 saturated heterocycles. The molecular formula is C40H54BClO6. The summed E-state index contributed by atoms with van der Waals surface area (Å²) in [5, 5.41) is 0. The highest BCUT2D eigenvalue weighted by molar-refractivity contribution is 6.48. The maximum atomic E-state index is 7.09. The van der Waals surface area contributed by atoms with Crippen LogP contribution in [0.5, 0.6) is 0 Å². The summed E-state index contributed by atoms with van der Waals surface area (Å²) < 4.78 is 40.8. The van der Waals surface area contributed by atoms with Crippen molar-refractivity contribution in [2.24, 2.45) is 0 Å². The van der Waals surface area contributed by atoms with E-state index in [1.807, 2.05) is 54.6 Å². The topological polar surface area (TPSA) is 55.4 Å². The minimum absolute atomic E-state index is 0.171. The highest BCUT2D eigenvalue weighted by atomic mass is 35.5. The molecule has 0 aromatic heterocycles. The van der Waals surface area contributed by atoms with E-state index in [2.05, 4.69) is 64.1 Å². The van der Waals surface area contributed by atoms with Crippen LogP contribution in [0.2, 0.25) is 5.82 Å². The van der Waals surface area contributed by atoms with Gasteiger partial charge >= 0.3 is 7.12 Å². The van der Waals surface area contributed by atoms with E-state index in [1.165, 1.54) is 0 Å². The van der Waals surface area contributed by atoms with E-state index in [0.29, 0.717) is 32.3 Å². The lowest BCUT2D eigenvalue weighted by molar-refractivity contribution is -0.224. The van der Waals surface area contributed by atoms with Gasteiger partial charge in [-0.3, -0.25) is 0 Å². The average molecular weight is 677 g/mol. The van der Waals surface area contributed by atoms with Crippen molar-refractivity contribution in [3.8, 4) is 0 Å². The predicted molar refractivity (Wildman–Crippen MR) is 193 cm³/mol. The van der Waals surface area contributed by atoms with Gasteiger partial charge in [-0.25, -0.2) is 0 Å². The first-order valence-electron chi connectivity index (χ1n) is 17.8. The Labute approximate surface area is 293 Å². The first-order valence-corrected chi connectivity index (χ1v) is 18.3. The van der Waals surface area contributed by atoms with Crippen LogP contribution >= 0.6 is 11.6 Å². The summed E-state index contributed by atoms with van der Waals surface area (Å²) in [7, 11) is -0.522. The number of hydrogen-bond acceptors (Lipinski definition) is 6. The molecule has 0 saturated carbocycles. The van der Waals surface area contributed by atoms with E-state index < -0.39 is 24.4 Å². The fraction of sp³-hybridized carbons (Fsp3) is 0.550. The molecule has 2 aliphatic heterocycles. The minimum Gasteiger partial charge on any atom is -0.403 e. The largest absolute Gasteiger partial charge is 0.466 e. The number of hydrogen-bond donors (Lipinski definition) is 0. The van der Waals surface area contributed by atoms with Gasteiger partial charge in [0.1, 0.15) is 12.2 Å². The maximum Gasteiger partial charge on any atom is 0.466 e. The number of rotatable bonds is 18. The second-order valence-corrected chi connectivity index (χ2v) is 14.6. The molecule has 0 bridgehead atoms. The van der Waals surface area contributed by atoms with Crippen LogP contribution in [-0.2, 0) is 48.1 Å². The maximum absolute atomic E-state index is 7.09. The lowest BCUT2D eigenvalue weighted by Gasteiger charge is -2.47. The van der Waals surface area contributed by atoms with Crippen molar-refractivity contribution in [3.63, 3.8) is 0 Å². The van der Waals surface area contributed by atoms with Crippen molar-refractivity contribution in [1.29, 1.82) is 0 Å². The molecule has 260 valence electrons. The fourth-order valence-electron chi connectivity index (χ4n) is 6.58. The Kier molecular flexibility index (Phi) is 14.0. The van der Waals surface area contributed by atoms with E-state index >= 15 is 0 Å². The zero-order valence-electron chi connectivity index (χ0n) is 29.2. The van der Waals surface area contributed by atoms with Gasteiger partial charge in [0.25, 0.3) is 0 Å². The van der Waals surface area contributed by atoms with Crippen LogP contribution in [0.25, 0.3) is 0 Å². The van der Waals surface area contributed by atoms with Crippen molar-refractivity contribution in [1.82, 2.24) is 0 Å². The Hall–Kier alpha value is -2.23. The molecule has 8 heteroatoms. The summed E-state index contributed by atoms with van der Waals surface area (Å²) in [6.07, 6.45) is 5.04. The quantitative estimate of drug-likeness (QED) is 0.0761. The second-order valence-electron chi connectivity index (χ2n) is 14.2. The Morgan fingerprint density at radius 2 is 1.08 bits per heavy atom. The van der Waals surface area contributed by atoms with Crippen LogP contribution in [-0.4, -0.2) is 55.2 Å². The van der Waals surface area contributed by atoms with Gasteiger partial charge in [-0.05, 0) is 57.2 Å². The number of halogens is 1. The van der Waals surface area contributed by atoms with Crippen molar-refractivity contribution < 1.29 is 28.3 Å². The average Bonchev–Trinajstić information content (AvgIpc) is 3.31. The standard InChI is InChI=1S/C40H54BClO6/c1-39(2)40(3,4)48-41(47-39)36-34(25-17-6-5-7-18-26-42)46-35(30-43-27-31-19-11-8-12-20-31)37(44-28-32-21-13-9-14-22-32)38(36)45-29-33-23-15-10-16-24-33/h8-16,19-24,34-38H,5-7,17-18,25-30H2,1-4H3/t34-,35-,36+,37-,38-/m1/s1. The molecule has 0 unspecified atom stereocenters. The van der Waals surface area contributed by atoms with E-state index in [9.17, 15) is 0 Å². The highest BCUT2D eigenvalue weighted by Gasteiger charge is 2.60. The third kappa shape index (κ3) is 10.2. The van der Waals surface area contributed by atoms with Crippen molar-refractivity contribution in [3.05, 3.63) is 108 Å². The van der Waals surface area contributed by atoms with Crippen LogP contribution in [0, 0.1) is 0 Å². The number of unbranched alkanes of at least 4 members (excludes halogenated alkanes) is 4. The van der Waals surface area contributed by atoms with E-state index in [4.69, 9.17) is 39.9 Å². The molecule has 3 aromatic rings. The molecule has 5 rings (SSSR count). The Bertz CT molecular complexity index is 1310. The zero-order chi connectivity index (χ0) is 33.8. The van der Waals surface area contributed by atoms with Gasteiger partial charge in [0.05, 0.1) is 49.8 Å². The van der Waals surface area contributed by atoms with Crippen molar-refractivity contribution in [2.75, 3.05) is 12.5 Å². The third-order valence-corrected chi connectivity index (χ3v) is 10.3. The monoisotopic (exact) mass is 676 g/mol. The molecule has 2 fully saturated rings. The predicted octanol–water partition coefficient (Wildman–Crippen LogP) is 9.18. The Balaban J connectivity index is 1.45. The molecule has 0 amide bonds. The van der Waals surface area contributed by atoms with Crippen molar-refractivity contribution >= 4 is 18.7 Å². The van der Waals surface area contributed by atoms with Gasteiger partial charge in [0.2, 0.25) is 0 Å². The van der Waals surface area contributed by atoms with Crippen LogP contribution < -0.4 is 0 Å². The van der Waals surface area contributed by atoms with Crippen LogP contribution in [0.1, 0.15) is 82.9 Å². The van der Waals surface area contributed by atoms with Gasteiger partial charge in [-0.2, -0.15) is 0 Å². The van der Waals surface area contributed by atoms with Crippen LogP contribution in [0.15, 0.2) is 91.0 Å². The summed E-state index contributed by atoms with van der Waals surface area (Å²) in [4.78, 5) is 0. The molecule has 3 aromatic carbocycles. The lowest BCUT2D eigenvalue weighted by atomic mass is 9.61. The summed E-state index contributed by atoms with van der Waals surface area (Å²) in [6, 6.07) is 30.8. The van der Waals surface area contributed by atoms with E-state index in [1.54, 1.807) is 0 Å². The molecule has 0 spiro atoms. The number of benzene rings is 3. The Morgan fingerprint density at radius 1 is 0.604 bits per heavy atom. The molecule has 0 radical (unpaired) electrons. The lowest BCUT2D eigenvalue weighted by Crippen LogP contribution is -2.59. The number of alkyl halides is 1. The van der Waals surface area contributed by atoms with Gasteiger partial charge in [-0.15, -0.1) is 11.6 Å². The van der Waals surface area contributed by atoms with Gasteiger partial charge < -0.3 is 28.3 Å². The van der Waals surface area contributed by atoms with Gasteiger partial charge in [0, 0.05) is 11.7 Å².